The van der Waals surface area contributed by atoms with Gasteiger partial charge in [0.2, 0.25) is 11.8 Å². The first-order valence-electron chi connectivity index (χ1n) is 10.3. The van der Waals surface area contributed by atoms with Gasteiger partial charge in [-0.1, -0.05) is 12.1 Å². The van der Waals surface area contributed by atoms with E-state index in [0.717, 1.165) is 0 Å². The third-order valence-corrected chi connectivity index (χ3v) is 5.63. The normalized spacial score (nSPS) is 15.7. The predicted molar refractivity (Wildman–Crippen MR) is 119 cm³/mol. The molecule has 164 valence electrons. The van der Waals surface area contributed by atoms with Crippen molar-refractivity contribution in [2.45, 2.75) is 25.8 Å². The maximum Gasteiger partial charge on any atom is 0.255 e. The molecule has 1 unspecified atom stereocenters. The summed E-state index contributed by atoms with van der Waals surface area (Å²) in [6, 6.07) is 13.5. The molecule has 1 aliphatic rings. The van der Waals surface area contributed by atoms with Crippen molar-refractivity contribution < 1.29 is 19.1 Å². The Hall–Kier alpha value is -3.39. The van der Waals surface area contributed by atoms with Gasteiger partial charge in [0.05, 0.1) is 18.8 Å². The molecule has 0 bridgehead atoms. The van der Waals surface area contributed by atoms with Crippen LogP contribution in [0, 0.1) is 5.92 Å². The highest BCUT2D eigenvalue weighted by Crippen LogP contribution is 2.24. The summed E-state index contributed by atoms with van der Waals surface area (Å²) in [7, 11) is 1.55. The first-order chi connectivity index (χ1) is 14.9. The van der Waals surface area contributed by atoms with Crippen LogP contribution in [0.4, 0.5) is 11.4 Å². The number of hydrogen-bond donors (Lipinski definition) is 3. The zero-order chi connectivity index (χ0) is 22.4. The van der Waals surface area contributed by atoms with Gasteiger partial charge >= 0.3 is 0 Å². The van der Waals surface area contributed by atoms with Crippen molar-refractivity contribution in [3.8, 4) is 5.75 Å². The molecule has 1 atom stereocenters. The Kier molecular flexibility index (Phi) is 7.25. The van der Waals surface area contributed by atoms with E-state index in [4.69, 9.17) is 10.5 Å². The smallest absolute Gasteiger partial charge is 0.255 e. The molecule has 1 saturated heterocycles. The monoisotopic (exact) mass is 424 g/mol. The molecule has 3 rings (SSSR count). The second-order valence-electron chi connectivity index (χ2n) is 7.61. The topological polar surface area (TPSA) is 114 Å². The molecular formula is C23H28N4O4. The Bertz CT molecular complexity index is 937. The first kappa shape index (κ1) is 22.3. The van der Waals surface area contributed by atoms with Gasteiger partial charge in [0.1, 0.15) is 5.75 Å². The standard InChI is InChI=1S/C23H28N4O4/c1-15(27-13-11-16(12-14-27)21(24)28)22(29)25-18-9-7-17(8-10-18)23(30)26-19-5-3-4-6-20(19)31-2/h3-10,15-16H,11-14H2,1-2H3,(H2,24,28)(H,25,29)(H,26,30). The molecule has 4 N–H and O–H groups in total. The van der Waals surface area contributed by atoms with E-state index < -0.39 is 0 Å². The van der Waals surface area contributed by atoms with E-state index in [9.17, 15) is 14.4 Å². The minimum Gasteiger partial charge on any atom is -0.495 e. The molecule has 0 aliphatic carbocycles. The van der Waals surface area contributed by atoms with Gasteiger partial charge in [-0.05, 0) is 69.3 Å². The van der Waals surface area contributed by atoms with Gasteiger partial charge in [0, 0.05) is 17.2 Å². The number of carbonyl (C=O) groups is 3. The zero-order valence-electron chi connectivity index (χ0n) is 17.8. The molecule has 1 fully saturated rings. The summed E-state index contributed by atoms with van der Waals surface area (Å²) >= 11 is 0. The van der Waals surface area contributed by atoms with Crippen molar-refractivity contribution in [1.29, 1.82) is 0 Å². The zero-order valence-corrected chi connectivity index (χ0v) is 17.8. The summed E-state index contributed by atoms with van der Waals surface area (Å²) in [4.78, 5) is 38.5. The molecule has 1 aliphatic heterocycles. The number of para-hydroxylation sites is 2. The lowest BCUT2D eigenvalue weighted by atomic mass is 9.95. The van der Waals surface area contributed by atoms with Crippen LogP contribution in [0.2, 0.25) is 0 Å². The molecule has 2 aromatic carbocycles. The van der Waals surface area contributed by atoms with Crippen LogP contribution in [-0.2, 0) is 9.59 Å². The Morgan fingerprint density at radius 2 is 1.68 bits per heavy atom. The van der Waals surface area contributed by atoms with E-state index in [1.54, 1.807) is 43.5 Å². The summed E-state index contributed by atoms with van der Waals surface area (Å²) in [5.41, 5.74) is 7.03. The van der Waals surface area contributed by atoms with Crippen molar-refractivity contribution in [1.82, 2.24) is 4.90 Å². The number of hydrogen-bond acceptors (Lipinski definition) is 5. The van der Waals surface area contributed by atoms with Crippen LogP contribution in [0.3, 0.4) is 0 Å². The molecule has 2 aromatic rings. The molecule has 0 saturated carbocycles. The highest BCUT2D eigenvalue weighted by Gasteiger charge is 2.28. The molecule has 8 heteroatoms. The van der Waals surface area contributed by atoms with E-state index in [1.807, 2.05) is 24.0 Å². The van der Waals surface area contributed by atoms with Crippen molar-refractivity contribution in [2.75, 3.05) is 30.8 Å². The number of nitrogens with one attached hydrogen (secondary N) is 2. The van der Waals surface area contributed by atoms with Gasteiger partial charge in [0.25, 0.3) is 5.91 Å². The fraction of sp³-hybridized carbons (Fsp3) is 0.348. The third-order valence-electron chi connectivity index (χ3n) is 5.63. The maximum atomic E-state index is 12.6. The van der Waals surface area contributed by atoms with Crippen LogP contribution in [0.5, 0.6) is 5.75 Å². The first-order valence-corrected chi connectivity index (χ1v) is 10.3. The second-order valence-corrected chi connectivity index (χ2v) is 7.61. The average Bonchev–Trinajstić information content (AvgIpc) is 2.79. The number of primary amides is 1. The Labute approximate surface area is 181 Å². The Morgan fingerprint density at radius 3 is 2.29 bits per heavy atom. The highest BCUT2D eigenvalue weighted by atomic mass is 16.5. The van der Waals surface area contributed by atoms with Crippen LogP contribution in [0.1, 0.15) is 30.1 Å². The molecule has 1 heterocycles. The van der Waals surface area contributed by atoms with Crippen LogP contribution in [0.15, 0.2) is 48.5 Å². The number of benzene rings is 2. The fourth-order valence-electron chi connectivity index (χ4n) is 3.63. The Morgan fingerprint density at radius 1 is 1.03 bits per heavy atom. The number of piperidine rings is 1. The number of methoxy groups -OCH3 is 1. The Balaban J connectivity index is 1.55. The van der Waals surface area contributed by atoms with Crippen molar-refractivity contribution in [3.63, 3.8) is 0 Å². The molecule has 31 heavy (non-hydrogen) atoms. The minimum atomic E-state index is -0.331. The third kappa shape index (κ3) is 5.61. The number of amides is 3. The number of likely N-dealkylation sites (tertiary alicyclic amines) is 1. The molecule has 3 amide bonds. The van der Waals surface area contributed by atoms with E-state index in [-0.39, 0.29) is 29.7 Å². The number of ether oxygens (including phenoxy) is 1. The van der Waals surface area contributed by atoms with E-state index >= 15 is 0 Å². The van der Waals surface area contributed by atoms with Crippen LogP contribution in [-0.4, -0.2) is 48.9 Å². The lowest BCUT2D eigenvalue weighted by molar-refractivity contribution is -0.124. The van der Waals surface area contributed by atoms with E-state index in [1.165, 1.54) is 0 Å². The van der Waals surface area contributed by atoms with E-state index in [2.05, 4.69) is 10.6 Å². The van der Waals surface area contributed by atoms with Gasteiger partial charge in [-0.15, -0.1) is 0 Å². The van der Waals surface area contributed by atoms with Gasteiger partial charge in [-0.25, -0.2) is 0 Å². The summed E-state index contributed by atoms with van der Waals surface area (Å²) in [5, 5.41) is 5.70. The summed E-state index contributed by atoms with van der Waals surface area (Å²) < 4.78 is 5.25. The minimum absolute atomic E-state index is 0.110. The van der Waals surface area contributed by atoms with Crippen molar-refractivity contribution in [3.05, 3.63) is 54.1 Å². The quantitative estimate of drug-likeness (QED) is 0.632. The van der Waals surface area contributed by atoms with Gasteiger partial charge in [-0.2, -0.15) is 0 Å². The molecule has 0 spiro atoms. The number of rotatable bonds is 7. The lowest BCUT2D eigenvalue weighted by Crippen LogP contribution is -2.47. The molecular weight excluding hydrogens is 396 g/mol. The van der Waals surface area contributed by atoms with Crippen LogP contribution >= 0.6 is 0 Å². The summed E-state index contributed by atoms with van der Waals surface area (Å²) in [5.74, 6) is -0.210. The SMILES string of the molecule is COc1ccccc1NC(=O)c1ccc(NC(=O)C(C)N2CCC(C(N)=O)CC2)cc1. The van der Waals surface area contributed by atoms with Gasteiger partial charge < -0.3 is 21.1 Å². The lowest BCUT2D eigenvalue weighted by Gasteiger charge is -2.34. The average molecular weight is 425 g/mol. The predicted octanol–water partition coefficient (Wildman–Crippen LogP) is 2.47. The number of anilines is 2. The number of nitrogens with two attached hydrogens (primary N) is 1. The maximum absolute atomic E-state index is 12.6. The fourth-order valence-corrected chi connectivity index (χ4v) is 3.63. The highest BCUT2D eigenvalue weighted by molar-refractivity contribution is 6.05. The van der Waals surface area contributed by atoms with Gasteiger partial charge in [0.15, 0.2) is 0 Å². The van der Waals surface area contributed by atoms with Crippen molar-refractivity contribution >= 4 is 29.1 Å². The van der Waals surface area contributed by atoms with Gasteiger partial charge in [-0.3, -0.25) is 19.3 Å². The number of nitrogens with zero attached hydrogens (tertiary/aromatic N) is 1. The van der Waals surface area contributed by atoms with E-state index in [0.29, 0.717) is 48.6 Å². The largest absolute Gasteiger partial charge is 0.495 e. The summed E-state index contributed by atoms with van der Waals surface area (Å²) in [6.07, 6.45) is 1.34. The molecule has 8 nitrogen and oxygen atoms in total. The van der Waals surface area contributed by atoms with Crippen LogP contribution < -0.4 is 21.1 Å². The number of carbonyl (C=O) groups excluding carboxylic acids is 3. The summed E-state index contributed by atoms with van der Waals surface area (Å²) in [6.45, 7) is 3.16. The van der Waals surface area contributed by atoms with Crippen LogP contribution in [0.25, 0.3) is 0 Å². The molecule has 0 radical (unpaired) electrons. The van der Waals surface area contributed by atoms with Crippen molar-refractivity contribution in [2.24, 2.45) is 11.7 Å². The molecule has 0 aromatic heterocycles. The second kappa shape index (κ2) is 10.1.